The molecule has 11 nitrogen and oxygen atoms in total. The molecule has 0 fully saturated rings. The second-order valence-corrected chi connectivity index (χ2v) is 5.21. The van der Waals surface area contributed by atoms with Gasteiger partial charge in [0.15, 0.2) is 0 Å². The first-order valence-electron chi connectivity index (χ1n) is 7.17. The Kier molecular flexibility index (Phi) is 5.04. The Hall–Kier alpha value is -3.86. The SMILES string of the molecule is O=[N+]([O-])c1ccc(Oc2nc(Cl)nc(Oc3ccc([N+](=O)[O-])cc3)n2)cc1. The number of hydrogen-bond acceptors (Lipinski definition) is 9. The lowest BCUT2D eigenvalue weighted by Crippen LogP contribution is -1.99. The van der Waals surface area contributed by atoms with Crippen LogP contribution in [0, 0.1) is 20.2 Å². The van der Waals surface area contributed by atoms with Gasteiger partial charge in [-0.05, 0) is 35.9 Å². The molecule has 3 rings (SSSR count). The summed E-state index contributed by atoms with van der Waals surface area (Å²) in [6.45, 7) is 0. The fourth-order valence-corrected chi connectivity index (χ4v) is 2.03. The fourth-order valence-electron chi connectivity index (χ4n) is 1.89. The van der Waals surface area contributed by atoms with Crippen molar-refractivity contribution in [2.45, 2.75) is 0 Å². The number of ether oxygens (including phenoxy) is 2. The van der Waals surface area contributed by atoms with E-state index in [1.807, 2.05) is 0 Å². The van der Waals surface area contributed by atoms with Crippen molar-refractivity contribution in [3.8, 4) is 23.5 Å². The molecule has 0 aliphatic heterocycles. The Bertz CT molecular complexity index is 919. The Morgan fingerprint density at radius 3 is 1.41 bits per heavy atom. The summed E-state index contributed by atoms with van der Waals surface area (Å²) >= 11 is 5.82. The summed E-state index contributed by atoms with van der Waals surface area (Å²) in [6, 6.07) is 10.1. The van der Waals surface area contributed by atoms with Gasteiger partial charge in [-0.25, -0.2) is 0 Å². The van der Waals surface area contributed by atoms with E-state index in [0.717, 1.165) is 0 Å². The van der Waals surface area contributed by atoms with Crippen LogP contribution in [-0.4, -0.2) is 24.8 Å². The smallest absolute Gasteiger partial charge is 0.329 e. The van der Waals surface area contributed by atoms with Crippen LogP contribution in [0.25, 0.3) is 0 Å². The third-order valence-corrected chi connectivity index (χ3v) is 3.25. The highest BCUT2D eigenvalue weighted by Crippen LogP contribution is 2.26. The van der Waals surface area contributed by atoms with E-state index in [-0.39, 0.29) is 40.2 Å². The van der Waals surface area contributed by atoms with Gasteiger partial charge < -0.3 is 9.47 Å². The van der Waals surface area contributed by atoms with Gasteiger partial charge in [-0.2, -0.15) is 9.97 Å². The number of nitro benzene ring substituents is 2. The van der Waals surface area contributed by atoms with E-state index in [1.54, 1.807) is 0 Å². The van der Waals surface area contributed by atoms with Crippen LogP contribution in [0.3, 0.4) is 0 Å². The van der Waals surface area contributed by atoms with Crippen molar-refractivity contribution in [1.29, 1.82) is 0 Å². The van der Waals surface area contributed by atoms with Crippen LogP contribution in [0.1, 0.15) is 0 Å². The molecule has 0 saturated heterocycles. The lowest BCUT2D eigenvalue weighted by atomic mass is 10.3. The lowest BCUT2D eigenvalue weighted by molar-refractivity contribution is -0.385. The summed E-state index contributed by atoms with van der Waals surface area (Å²) in [4.78, 5) is 31.7. The molecule has 0 amide bonds. The van der Waals surface area contributed by atoms with Crippen molar-refractivity contribution in [2.75, 3.05) is 0 Å². The molecule has 0 N–H and O–H groups in total. The van der Waals surface area contributed by atoms with Crippen molar-refractivity contribution in [3.63, 3.8) is 0 Å². The molecule has 1 aromatic heterocycles. The highest BCUT2D eigenvalue weighted by molar-refractivity contribution is 6.28. The molecule has 136 valence electrons. The zero-order valence-electron chi connectivity index (χ0n) is 13.2. The molecule has 0 aliphatic carbocycles. The van der Waals surface area contributed by atoms with Gasteiger partial charge in [0.2, 0.25) is 5.28 Å². The number of rotatable bonds is 6. The Balaban J connectivity index is 1.77. The maximum absolute atomic E-state index is 10.7. The second kappa shape index (κ2) is 7.58. The first kappa shape index (κ1) is 17.9. The first-order valence-corrected chi connectivity index (χ1v) is 7.55. The average Bonchev–Trinajstić information content (AvgIpc) is 2.62. The standard InChI is InChI=1S/C15H8ClN5O6/c16-13-17-14(26-11-5-1-9(2-6-11)20(22)23)19-15(18-13)27-12-7-3-10(4-8-12)21(24)25/h1-8H. The third kappa shape index (κ3) is 4.61. The van der Waals surface area contributed by atoms with Crippen LogP contribution in [0.5, 0.6) is 23.5 Å². The van der Waals surface area contributed by atoms with E-state index >= 15 is 0 Å². The summed E-state index contributed by atoms with van der Waals surface area (Å²) in [7, 11) is 0. The van der Waals surface area contributed by atoms with E-state index in [9.17, 15) is 20.2 Å². The highest BCUT2D eigenvalue weighted by Gasteiger charge is 2.12. The van der Waals surface area contributed by atoms with Crippen LogP contribution in [0.4, 0.5) is 11.4 Å². The summed E-state index contributed by atoms with van der Waals surface area (Å²) in [5.41, 5.74) is -0.198. The van der Waals surface area contributed by atoms with Crippen LogP contribution in [-0.2, 0) is 0 Å². The number of halogens is 1. The summed E-state index contributed by atoms with van der Waals surface area (Å²) in [5, 5.41) is 21.1. The molecule has 0 bridgehead atoms. The minimum atomic E-state index is -0.542. The molecule has 0 atom stereocenters. The monoisotopic (exact) mass is 389 g/mol. The van der Waals surface area contributed by atoms with E-state index in [2.05, 4.69) is 15.0 Å². The zero-order valence-corrected chi connectivity index (χ0v) is 13.9. The Morgan fingerprint density at radius 1 is 0.704 bits per heavy atom. The van der Waals surface area contributed by atoms with Gasteiger partial charge >= 0.3 is 12.0 Å². The highest BCUT2D eigenvalue weighted by atomic mass is 35.5. The molecule has 12 heteroatoms. The van der Waals surface area contributed by atoms with E-state index in [4.69, 9.17) is 21.1 Å². The van der Waals surface area contributed by atoms with Gasteiger partial charge in [-0.3, -0.25) is 20.2 Å². The van der Waals surface area contributed by atoms with Crippen molar-refractivity contribution < 1.29 is 19.3 Å². The quantitative estimate of drug-likeness (QED) is 0.452. The minimum Gasteiger partial charge on any atom is -0.424 e. The molecule has 1 heterocycles. The normalized spacial score (nSPS) is 10.3. The molecule has 0 unspecified atom stereocenters. The van der Waals surface area contributed by atoms with E-state index in [0.29, 0.717) is 0 Å². The fraction of sp³-hybridized carbons (Fsp3) is 0. The summed E-state index contributed by atoms with van der Waals surface area (Å²) < 4.78 is 10.8. The zero-order chi connectivity index (χ0) is 19.4. The van der Waals surface area contributed by atoms with Gasteiger partial charge in [0.25, 0.3) is 11.4 Å². The van der Waals surface area contributed by atoms with Crippen LogP contribution >= 0.6 is 11.6 Å². The van der Waals surface area contributed by atoms with Crippen LogP contribution in [0.15, 0.2) is 48.5 Å². The second-order valence-electron chi connectivity index (χ2n) is 4.88. The maximum Gasteiger partial charge on any atom is 0.329 e. The minimum absolute atomic E-state index is 0.0989. The van der Waals surface area contributed by atoms with Crippen molar-refractivity contribution in [3.05, 3.63) is 74.0 Å². The molecule has 0 aliphatic rings. The van der Waals surface area contributed by atoms with Crippen molar-refractivity contribution >= 4 is 23.0 Å². The average molecular weight is 390 g/mol. The van der Waals surface area contributed by atoms with Gasteiger partial charge in [0.05, 0.1) is 9.85 Å². The molecule has 0 saturated carbocycles. The predicted molar refractivity (Wildman–Crippen MR) is 91.2 cm³/mol. The Morgan fingerprint density at radius 2 is 1.07 bits per heavy atom. The summed E-state index contributed by atoms with van der Waals surface area (Å²) in [5.74, 6) is 0.480. The molecular weight excluding hydrogens is 382 g/mol. The van der Waals surface area contributed by atoms with Gasteiger partial charge in [0.1, 0.15) is 11.5 Å². The number of nitro groups is 2. The molecule has 0 radical (unpaired) electrons. The largest absolute Gasteiger partial charge is 0.424 e. The maximum atomic E-state index is 10.7. The number of aromatic nitrogens is 3. The topological polar surface area (TPSA) is 143 Å². The number of nitrogens with zero attached hydrogens (tertiary/aromatic N) is 5. The molecular formula is C15H8ClN5O6. The van der Waals surface area contributed by atoms with Gasteiger partial charge in [-0.15, -0.1) is 4.98 Å². The first-order chi connectivity index (χ1) is 12.9. The van der Waals surface area contributed by atoms with Crippen LogP contribution in [0.2, 0.25) is 5.28 Å². The molecule has 3 aromatic rings. The molecule has 27 heavy (non-hydrogen) atoms. The summed E-state index contributed by atoms with van der Waals surface area (Å²) in [6.07, 6.45) is 0. The van der Waals surface area contributed by atoms with E-state index in [1.165, 1.54) is 48.5 Å². The number of hydrogen-bond donors (Lipinski definition) is 0. The van der Waals surface area contributed by atoms with Crippen LogP contribution < -0.4 is 9.47 Å². The van der Waals surface area contributed by atoms with Gasteiger partial charge in [-0.1, -0.05) is 0 Å². The predicted octanol–water partition coefficient (Wildman–Crippen LogP) is 3.93. The number of benzene rings is 2. The third-order valence-electron chi connectivity index (χ3n) is 3.08. The van der Waals surface area contributed by atoms with Crippen molar-refractivity contribution in [1.82, 2.24) is 15.0 Å². The van der Waals surface area contributed by atoms with E-state index < -0.39 is 9.85 Å². The van der Waals surface area contributed by atoms with Gasteiger partial charge in [0, 0.05) is 24.3 Å². The molecule has 2 aromatic carbocycles. The Labute approximate surface area is 155 Å². The number of non-ortho nitro benzene ring substituents is 2. The van der Waals surface area contributed by atoms with Crippen molar-refractivity contribution in [2.24, 2.45) is 0 Å². The lowest BCUT2D eigenvalue weighted by Gasteiger charge is -2.07. The molecule has 0 spiro atoms.